The van der Waals surface area contributed by atoms with Gasteiger partial charge in [0.25, 0.3) is 0 Å². The molecule has 0 saturated carbocycles. The van der Waals surface area contributed by atoms with Gasteiger partial charge in [-0.05, 0) is 44.6 Å². The van der Waals surface area contributed by atoms with Crippen LogP contribution in [-0.4, -0.2) is 38.1 Å². The molecule has 3 unspecified atom stereocenters. The molecule has 1 saturated heterocycles. The molecule has 2 rings (SSSR count). The summed E-state index contributed by atoms with van der Waals surface area (Å²) in [5, 5.41) is 0. The van der Waals surface area contributed by atoms with Gasteiger partial charge in [-0.25, -0.2) is 0 Å². The predicted octanol–water partition coefficient (Wildman–Crippen LogP) is 2.86. The highest BCUT2D eigenvalue weighted by atomic mass is 79.9. The number of hydrogen-bond donors (Lipinski definition) is 1. The van der Waals surface area contributed by atoms with Gasteiger partial charge in [0.05, 0.1) is 0 Å². The molecule has 4 heteroatoms. The van der Waals surface area contributed by atoms with Crippen LogP contribution in [0.2, 0.25) is 0 Å². The summed E-state index contributed by atoms with van der Waals surface area (Å²) in [7, 11) is 4.33. The number of nitrogens with zero attached hydrogens (tertiary/aromatic N) is 2. The number of nitrogens with two attached hydrogens (primary N) is 1. The fraction of sp³-hybridized carbons (Fsp3) is 0.600. The molecule has 1 aliphatic heterocycles. The van der Waals surface area contributed by atoms with E-state index in [-0.39, 0.29) is 6.04 Å². The van der Waals surface area contributed by atoms with Crippen LogP contribution in [0.25, 0.3) is 0 Å². The summed E-state index contributed by atoms with van der Waals surface area (Å²) in [5.74, 6) is 0.696. The van der Waals surface area contributed by atoms with Crippen LogP contribution in [0, 0.1) is 5.92 Å². The molecule has 0 aliphatic carbocycles. The number of benzene rings is 1. The van der Waals surface area contributed by atoms with Gasteiger partial charge < -0.3 is 15.5 Å². The van der Waals surface area contributed by atoms with E-state index in [0.29, 0.717) is 12.0 Å². The Bertz CT molecular complexity index is 445. The van der Waals surface area contributed by atoms with Gasteiger partial charge in [-0.2, -0.15) is 0 Å². The molecule has 0 bridgehead atoms. The first kappa shape index (κ1) is 14.8. The molecule has 0 aromatic heterocycles. The number of anilines is 1. The lowest BCUT2D eigenvalue weighted by Crippen LogP contribution is -2.34. The molecule has 1 aromatic carbocycles. The lowest BCUT2D eigenvalue weighted by molar-refractivity contribution is 0.266. The van der Waals surface area contributed by atoms with E-state index in [4.69, 9.17) is 5.73 Å². The Hall–Kier alpha value is -0.580. The van der Waals surface area contributed by atoms with Crippen LogP contribution in [-0.2, 0) is 0 Å². The summed E-state index contributed by atoms with van der Waals surface area (Å²) in [6.07, 6.45) is 0. The van der Waals surface area contributed by atoms with Crippen LogP contribution in [0.1, 0.15) is 25.5 Å². The van der Waals surface area contributed by atoms with Crippen LogP contribution >= 0.6 is 15.9 Å². The molecule has 19 heavy (non-hydrogen) atoms. The first-order valence-electron chi connectivity index (χ1n) is 6.86. The monoisotopic (exact) mass is 325 g/mol. The zero-order valence-electron chi connectivity index (χ0n) is 12.2. The average molecular weight is 326 g/mol. The molecule has 0 spiro atoms. The maximum Gasteiger partial charge on any atom is 0.0378 e. The molecule has 2 N–H and O–H groups in total. The first-order chi connectivity index (χ1) is 8.90. The van der Waals surface area contributed by atoms with Gasteiger partial charge in [0.15, 0.2) is 0 Å². The molecule has 1 aromatic rings. The number of hydrogen-bond acceptors (Lipinski definition) is 3. The van der Waals surface area contributed by atoms with Crippen LogP contribution in [0.4, 0.5) is 5.69 Å². The summed E-state index contributed by atoms with van der Waals surface area (Å²) >= 11 is 3.64. The fourth-order valence-corrected chi connectivity index (χ4v) is 3.64. The van der Waals surface area contributed by atoms with Crippen molar-refractivity contribution >= 4 is 21.6 Å². The topological polar surface area (TPSA) is 32.5 Å². The van der Waals surface area contributed by atoms with E-state index in [1.54, 1.807) is 0 Å². The van der Waals surface area contributed by atoms with E-state index in [1.807, 2.05) is 6.92 Å². The van der Waals surface area contributed by atoms with E-state index in [1.165, 1.54) is 11.3 Å². The Kier molecular flexibility index (Phi) is 4.54. The molecular weight excluding hydrogens is 302 g/mol. The largest absolute Gasteiger partial charge is 0.370 e. The summed E-state index contributed by atoms with van der Waals surface area (Å²) in [4.78, 5) is 4.79. The van der Waals surface area contributed by atoms with Crippen molar-refractivity contribution in [3.05, 3.63) is 28.2 Å². The van der Waals surface area contributed by atoms with E-state index in [9.17, 15) is 0 Å². The Labute approximate surface area is 124 Å². The number of halogens is 1. The summed E-state index contributed by atoms with van der Waals surface area (Å²) in [6, 6.07) is 7.22. The third-order valence-electron chi connectivity index (χ3n) is 4.08. The number of likely N-dealkylation sites (N-methyl/N-ethyl adjacent to an activating group) is 1. The standard InChI is InChI=1S/C15H24BrN3/c1-10-8-19(9-15(10)18(3)4)12-5-6-13(11(2)17)14(16)7-12/h5-7,10-11,15H,8-9,17H2,1-4H3. The SMILES string of the molecule is CC(N)c1ccc(N2CC(C)C(N(C)C)C2)cc1Br. The van der Waals surface area contributed by atoms with Gasteiger partial charge in [0.1, 0.15) is 0 Å². The van der Waals surface area contributed by atoms with Gasteiger partial charge in [-0.3, -0.25) is 0 Å². The predicted molar refractivity (Wildman–Crippen MR) is 85.6 cm³/mol. The van der Waals surface area contributed by atoms with Crippen molar-refractivity contribution in [2.75, 3.05) is 32.1 Å². The summed E-state index contributed by atoms with van der Waals surface area (Å²) in [6.45, 7) is 6.56. The van der Waals surface area contributed by atoms with Crippen molar-refractivity contribution in [1.29, 1.82) is 0 Å². The van der Waals surface area contributed by atoms with E-state index >= 15 is 0 Å². The maximum absolute atomic E-state index is 5.95. The molecule has 3 nitrogen and oxygen atoms in total. The van der Waals surface area contributed by atoms with Crippen molar-refractivity contribution in [3.8, 4) is 0 Å². The van der Waals surface area contributed by atoms with Gasteiger partial charge >= 0.3 is 0 Å². The van der Waals surface area contributed by atoms with Crippen LogP contribution in [0.3, 0.4) is 0 Å². The molecule has 106 valence electrons. The lowest BCUT2D eigenvalue weighted by atomic mass is 10.1. The molecule has 0 amide bonds. The summed E-state index contributed by atoms with van der Waals surface area (Å²) < 4.78 is 1.11. The second-order valence-corrected chi connectivity index (χ2v) is 6.76. The average Bonchev–Trinajstić information content (AvgIpc) is 2.70. The molecular formula is C15H24BrN3. The second-order valence-electron chi connectivity index (χ2n) is 5.91. The Morgan fingerprint density at radius 2 is 2.05 bits per heavy atom. The molecule has 1 aliphatic rings. The zero-order chi connectivity index (χ0) is 14.2. The third-order valence-corrected chi connectivity index (χ3v) is 4.76. The van der Waals surface area contributed by atoms with Gasteiger partial charge in [-0.1, -0.05) is 28.9 Å². The second kappa shape index (κ2) is 5.81. The molecule has 1 heterocycles. The Morgan fingerprint density at radius 3 is 2.53 bits per heavy atom. The third kappa shape index (κ3) is 3.12. The minimum Gasteiger partial charge on any atom is -0.370 e. The van der Waals surface area contributed by atoms with Crippen molar-refractivity contribution in [3.63, 3.8) is 0 Å². The van der Waals surface area contributed by atoms with Crippen molar-refractivity contribution in [1.82, 2.24) is 4.90 Å². The minimum atomic E-state index is 0.0652. The van der Waals surface area contributed by atoms with E-state index in [0.717, 1.165) is 17.6 Å². The number of rotatable bonds is 3. The highest BCUT2D eigenvalue weighted by Crippen LogP contribution is 2.31. The van der Waals surface area contributed by atoms with E-state index in [2.05, 4.69) is 64.9 Å². The molecule has 3 atom stereocenters. The van der Waals surface area contributed by atoms with Crippen molar-refractivity contribution in [2.24, 2.45) is 11.7 Å². The quantitative estimate of drug-likeness (QED) is 0.927. The zero-order valence-corrected chi connectivity index (χ0v) is 13.8. The van der Waals surface area contributed by atoms with Gasteiger partial charge in [0.2, 0.25) is 0 Å². The van der Waals surface area contributed by atoms with Crippen LogP contribution in [0.5, 0.6) is 0 Å². The molecule has 0 radical (unpaired) electrons. The van der Waals surface area contributed by atoms with Crippen LogP contribution in [0.15, 0.2) is 22.7 Å². The normalized spacial score (nSPS) is 25.1. The highest BCUT2D eigenvalue weighted by molar-refractivity contribution is 9.10. The maximum atomic E-state index is 5.95. The lowest BCUT2D eigenvalue weighted by Gasteiger charge is -2.23. The minimum absolute atomic E-state index is 0.0652. The fourth-order valence-electron chi connectivity index (χ4n) is 2.91. The molecule has 1 fully saturated rings. The van der Waals surface area contributed by atoms with Crippen molar-refractivity contribution in [2.45, 2.75) is 25.9 Å². The van der Waals surface area contributed by atoms with Crippen LogP contribution < -0.4 is 10.6 Å². The highest BCUT2D eigenvalue weighted by Gasteiger charge is 2.31. The first-order valence-corrected chi connectivity index (χ1v) is 7.66. The Morgan fingerprint density at radius 1 is 1.37 bits per heavy atom. The van der Waals surface area contributed by atoms with Gasteiger partial charge in [0, 0.05) is 35.3 Å². The van der Waals surface area contributed by atoms with Gasteiger partial charge in [-0.15, -0.1) is 0 Å². The van der Waals surface area contributed by atoms with Crippen molar-refractivity contribution < 1.29 is 0 Å². The summed E-state index contributed by atoms with van der Waals surface area (Å²) in [5.41, 5.74) is 8.40. The Balaban J connectivity index is 2.18. The van der Waals surface area contributed by atoms with E-state index < -0.39 is 0 Å². The smallest absolute Gasteiger partial charge is 0.0378 e.